The van der Waals surface area contributed by atoms with Gasteiger partial charge in [-0.05, 0) is 0 Å². The van der Waals surface area contributed by atoms with Crippen LogP contribution in [0.25, 0.3) is 5.78 Å². The monoisotopic (exact) mass is 224 g/mol. The third kappa shape index (κ3) is 1.16. The quantitative estimate of drug-likeness (QED) is 0.747. The second-order valence-corrected chi connectivity index (χ2v) is 4.19. The van der Waals surface area contributed by atoms with Crippen LogP contribution >= 0.6 is 11.8 Å². The maximum absolute atomic E-state index is 11.9. The minimum Gasteiger partial charge on any atom is -0.467 e. The summed E-state index contributed by atoms with van der Waals surface area (Å²) in [6.07, 6.45) is 0. The van der Waals surface area contributed by atoms with E-state index < -0.39 is 0 Å². The summed E-state index contributed by atoms with van der Waals surface area (Å²) in [5, 5.41) is 2.74. The number of nitrogens with zero attached hydrogens (tertiary/aromatic N) is 3. The molecule has 0 aromatic carbocycles. The predicted octanol–water partition coefficient (Wildman–Crippen LogP) is 0.173. The lowest BCUT2D eigenvalue weighted by Gasteiger charge is -1.95. The van der Waals surface area contributed by atoms with Gasteiger partial charge in [0.1, 0.15) is 0 Å². The van der Waals surface area contributed by atoms with Crippen molar-refractivity contribution in [3.05, 3.63) is 21.6 Å². The molecule has 0 saturated heterocycles. The number of nitrogens with one attached hydrogen (secondary N) is 1. The maximum Gasteiger partial charge on any atom is 0.312 e. The van der Waals surface area contributed by atoms with E-state index in [9.17, 15) is 4.79 Å². The lowest BCUT2D eigenvalue weighted by atomic mass is 10.3. The van der Waals surface area contributed by atoms with Crippen LogP contribution in [0.5, 0.6) is 6.01 Å². The Morgan fingerprint density at radius 1 is 1.47 bits per heavy atom. The van der Waals surface area contributed by atoms with E-state index in [4.69, 9.17) is 4.74 Å². The lowest BCUT2D eigenvalue weighted by Crippen LogP contribution is -2.20. The molecule has 0 unspecified atom stereocenters. The van der Waals surface area contributed by atoms with Crippen molar-refractivity contribution < 1.29 is 4.74 Å². The number of hydrogen-bond acceptors (Lipinski definition) is 5. The average Bonchev–Trinajstić information content (AvgIpc) is 2.83. The van der Waals surface area contributed by atoms with Crippen molar-refractivity contribution in [1.29, 1.82) is 0 Å². The molecular formula is C8H8N4O2S. The molecule has 3 rings (SSSR count). The van der Waals surface area contributed by atoms with E-state index in [1.807, 2.05) is 0 Å². The zero-order valence-corrected chi connectivity index (χ0v) is 8.80. The Morgan fingerprint density at radius 3 is 3.13 bits per heavy atom. The molecule has 6 nitrogen and oxygen atoms in total. The van der Waals surface area contributed by atoms with Gasteiger partial charge in [0.05, 0.1) is 18.4 Å². The molecule has 78 valence electrons. The zero-order valence-electron chi connectivity index (χ0n) is 7.98. The molecule has 2 aromatic heterocycles. The first kappa shape index (κ1) is 8.78. The summed E-state index contributed by atoms with van der Waals surface area (Å²) in [6.45, 7) is 0. The van der Waals surface area contributed by atoms with Crippen molar-refractivity contribution in [3.63, 3.8) is 0 Å². The van der Waals surface area contributed by atoms with Crippen LogP contribution in [0.15, 0.2) is 4.79 Å². The van der Waals surface area contributed by atoms with Gasteiger partial charge in [0.15, 0.2) is 0 Å². The predicted molar refractivity (Wildman–Crippen MR) is 55.2 cm³/mol. The average molecular weight is 224 g/mol. The molecule has 1 N–H and O–H groups in total. The Hall–Kier alpha value is -1.50. The van der Waals surface area contributed by atoms with Crippen LogP contribution in [-0.4, -0.2) is 26.7 Å². The van der Waals surface area contributed by atoms with Gasteiger partial charge in [-0.15, -0.1) is 0 Å². The van der Waals surface area contributed by atoms with Crippen LogP contribution in [-0.2, 0) is 11.5 Å². The summed E-state index contributed by atoms with van der Waals surface area (Å²) in [6, 6.07) is 0.302. The highest BCUT2D eigenvalue weighted by molar-refractivity contribution is 7.98. The van der Waals surface area contributed by atoms with Gasteiger partial charge in [-0.25, -0.2) is 10.1 Å². The number of thioether (sulfide) groups is 1. The highest BCUT2D eigenvalue weighted by Crippen LogP contribution is 2.25. The molecule has 0 amide bonds. The molecule has 0 radical (unpaired) electrons. The number of ether oxygens (including phenoxy) is 1. The molecule has 0 aliphatic carbocycles. The van der Waals surface area contributed by atoms with Crippen LogP contribution in [0.3, 0.4) is 0 Å². The van der Waals surface area contributed by atoms with Crippen LogP contribution in [0, 0.1) is 0 Å². The standard InChI is InChI=1S/C8H8N4O2S/c1-14-8-10-7-9-5-3-15-2-4(5)6(13)12(7)11-8/h2-3H2,1H3,(H,9,10,11). The Balaban J connectivity index is 2.38. The summed E-state index contributed by atoms with van der Waals surface area (Å²) >= 11 is 1.69. The minimum atomic E-state index is -0.0733. The fraction of sp³-hybridized carbons (Fsp3) is 0.375. The third-order valence-corrected chi connectivity index (χ3v) is 3.30. The van der Waals surface area contributed by atoms with E-state index in [1.165, 1.54) is 11.6 Å². The SMILES string of the molecule is COc1nc2nc3c(c(=O)n2[nH]1)CSC3. The molecule has 0 saturated carbocycles. The number of H-pyrrole nitrogens is 1. The first-order valence-electron chi connectivity index (χ1n) is 4.42. The first-order chi connectivity index (χ1) is 7.29. The molecule has 0 bridgehead atoms. The van der Waals surface area contributed by atoms with Gasteiger partial charge < -0.3 is 4.74 Å². The number of aromatic nitrogens is 4. The summed E-state index contributed by atoms with van der Waals surface area (Å²) in [5.74, 6) is 1.89. The molecule has 0 spiro atoms. The number of rotatable bonds is 1. The van der Waals surface area contributed by atoms with Gasteiger partial charge >= 0.3 is 6.01 Å². The second kappa shape index (κ2) is 2.99. The smallest absolute Gasteiger partial charge is 0.312 e. The van der Waals surface area contributed by atoms with Crippen LogP contribution in [0.4, 0.5) is 0 Å². The lowest BCUT2D eigenvalue weighted by molar-refractivity contribution is 0.380. The Morgan fingerprint density at radius 2 is 2.33 bits per heavy atom. The van der Waals surface area contributed by atoms with Gasteiger partial charge in [-0.1, -0.05) is 0 Å². The molecule has 0 fully saturated rings. The topological polar surface area (TPSA) is 72.3 Å². The number of fused-ring (bicyclic) bond motifs is 2. The van der Waals surface area contributed by atoms with E-state index in [0.29, 0.717) is 11.8 Å². The zero-order chi connectivity index (χ0) is 10.4. The van der Waals surface area contributed by atoms with Gasteiger partial charge in [0, 0.05) is 11.5 Å². The second-order valence-electron chi connectivity index (χ2n) is 3.20. The summed E-state index contributed by atoms with van der Waals surface area (Å²) in [4.78, 5) is 20.3. The van der Waals surface area contributed by atoms with Gasteiger partial charge in [-0.3, -0.25) is 4.79 Å². The number of methoxy groups -OCH3 is 1. The van der Waals surface area contributed by atoms with E-state index in [2.05, 4.69) is 15.1 Å². The molecule has 1 aliphatic rings. The van der Waals surface area contributed by atoms with Crippen molar-refractivity contribution in [2.24, 2.45) is 0 Å². The first-order valence-corrected chi connectivity index (χ1v) is 5.57. The van der Waals surface area contributed by atoms with Crippen molar-refractivity contribution in [1.82, 2.24) is 19.6 Å². The summed E-state index contributed by atoms with van der Waals surface area (Å²) in [7, 11) is 1.49. The van der Waals surface area contributed by atoms with Crippen molar-refractivity contribution in [2.75, 3.05) is 7.11 Å². The number of aromatic amines is 1. The normalized spacial score (nSPS) is 14.5. The van der Waals surface area contributed by atoms with E-state index >= 15 is 0 Å². The number of hydrogen-bond donors (Lipinski definition) is 1. The van der Waals surface area contributed by atoms with Gasteiger partial charge in [0.2, 0.25) is 0 Å². The van der Waals surface area contributed by atoms with E-state index in [1.54, 1.807) is 11.8 Å². The Bertz CT molecular complexity index is 588. The largest absolute Gasteiger partial charge is 0.467 e. The molecule has 3 heterocycles. The third-order valence-electron chi connectivity index (χ3n) is 2.33. The molecule has 1 aliphatic heterocycles. The minimum absolute atomic E-state index is 0.0733. The molecular weight excluding hydrogens is 216 g/mol. The van der Waals surface area contributed by atoms with E-state index in [-0.39, 0.29) is 5.56 Å². The molecule has 2 aromatic rings. The van der Waals surface area contributed by atoms with Crippen LogP contribution < -0.4 is 10.3 Å². The fourth-order valence-electron chi connectivity index (χ4n) is 1.58. The fourth-order valence-corrected chi connectivity index (χ4v) is 2.61. The maximum atomic E-state index is 11.9. The molecule has 7 heteroatoms. The summed E-state index contributed by atoms with van der Waals surface area (Å²) < 4.78 is 6.24. The molecule has 0 atom stereocenters. The highest BCUT2D eigenvalue weighted by atomic mass is 32.2. The van der Waals surface area contributed by atoms with Crippen LogP contribution in [0.1, 0.15) is 11.3 Å². The highest BCUT2D eigenvalue weighted by Gasteiger charge is 2.20. The van der Waals surface area contributed by atoms with Gasteiger partial charge in [0.25, 0.3) is 11.3 Å². The van der Waals surface area contributed by atoms with Crippen molar-refractivity contribution in [3.8, 4) is 6.01 Å². The Kier molecular flexibility index (Phi) is 1.75. The Labute approximate surface area is 88.7 Å². The van der Waals surface area contributed by atoms with Crippen LogP contribution in [0.2, 0.25) is 0 Å². The summed E-state index contributed by atoms with van der Waals surface area (Å²) in [5.41, 5.74) is 1.54. The molecule has 15 heavy (non-hydrogen) atoms. The van der Waals surface area contributed by atoms with Crippen molar-refractivity contribution >= 4 is 17.5 Å². The van der Waals surface area contributed by atoms with E-state index in [0.717, 1.165) is 22.8 Å². The van der Waals surface area contributed by atoms with Crippen molar-refractivity contribution in [2.45, 2.75) is 11.5 Å². The van der Waals surface area contributed by atoms with Gasteiger partial charge in [-0.2, -0.15) is 21.3 Å².